The van der Waals surface area contributed by atoms with Crippen molar-refractivity contribution in [2.75, 3.05) is 39.0 Å². The van der Waals surface area contributed by atoms with E-state index in [2.05, 4.69) is 15.5 Å². The molecule has 11 nitrogen and oxygen atoms in total. The van der Waals surface area contributed by atoms with Crippen molar-refractivity contribution in [3.8, 4) is 5.75 Å². The predicted octanol–water partition coefficient (Wildman–Crippen LogP) is 1.37. The van der Waals surface area contributed by atoms with Crippen molar-refractivity contribution in [2.24, 2.45) is 0 Å². The quantitative estimate of drug-likeness (QED) is 0.539. The van der Waals surface area contributed by atoms with Gasteiger partial charge in [0.05, 0.1) is 35.3 Å². The number of amides is 3. The fourth-order valence-corrected chi connectivity index (χ4v) is 6.51. The second-order valence-corrected chi connectivity index (χ2v) is 13.2. The summed E-state index contributed by atoms with van der Waals surface area (Å²) in [5, 5.41) is 5.97. The molecule has 3 heterocycles. The van der Waals surface area contributed by atoms with Crippen LogP contribution in [0.5, 0.6) is 5.75 Å². The molecule has 3 amide bonds. The topological polar surface area (TPSA) is 134 Å². The lowest BCUT2D eigenvalue weighted by Crippen LogP contribution is -2.61. The summed E-state index contributed by atoms with van der Waals surface area (Å²) >= 11 is 0. The van der Waals surface area contributed by atoms with Crippen molar-refractivity contribution in [3.63, 3.8) is 0 Å². The molecule has 0 spiro atoms. The number of carbonyl (C=O) groups excluding carboxylic acids is 3. The van der Waals surface area contributed by atoms with Crippen molar-refractivity contribution >= 4 is 27.6 Å². The molecule has 12 heteroatoms. The Morgan fingerprint density at radius 3 is 2.55 bits per heavy atom. The molecule has 42 heavy (non-hydrogen) atoms. The molecule has 3 aliphatic heterocycles. The van der Waals surface area contributed by atoms with Gasteiger partial charge in [-0.05, 0) is 42.7 Å². The van der Waals surface area contributed by atoms with Crippen LogP contribution in [-0.4, -0.2) is 99.3 Å². The van der Waals surface area contributed by atoms with Crippen molar-refractivity contribution in [1.29, 1.82) is 0 Å². The Morgan fingerprint density at radius 1 is 1.05 bits per heavy atom. The van der Waals surface area contributed by atoms with Crippen LogP contribution in [-0.2, 0) is 30.7 Å². The molecule has 2 aromatic rings. The van der Waals surface area contributed by atoms with Crippen LogP contribution in [0.4, 0.5) is 0 Å². The number of para-hydroxylation sites is 1. The van der Waals surface area contributed by atoms with E-state index in [1.54, 1.807) is 47.4 Å². The van der Waals surface area contributed by atoms with E-state index in [1.165, 1.54) is 13.2 Å². The summed E-state index contributed by atoms with van der Waals surface area (Å²) in [5.74, 6) is -0.261. The van der Waals surface area contributed by atoms with Crippen molar-refractivity contribution in [1.82, 2.24) is 20.4 Å². The maximum Gasteiger partial charge on any atom is 0.258 e. The summed E-state index contributed by atoms with van der Waals surface area (Å²) in [7, 11) is -3.30. The second-order valence-electron chi connectivity index (χ2n) is 11.2. The zero-order valence-corrected chi connectivity index (χ0v) is 24.8. The van der Waals surface area contributed by atoms with Gasteiger partial charge in [0.2, 0.25) is 11.8 Å². The van der Waals surface area contributed by atoms with Crippen LogP contribution in [0.1, 0.15) is 42.1 Å². The molecule has 0 aromatic heterocycles. The normalized spacial score (nSPS) is 25.7. The smallest absolute Gasteiger partial charge is 0.258 e. The first-order valence-electron chi connectivity index (χ1n) is 14.3. The molecule has 5 rings (SSSR count). The first kappa shape index (κ1) is 30.0. The molecule has 0 aliphatic carbocycles. The Labute approximate surface area is 246 Å². The van der Waals surface area contributed by atoms with E-state index in [-0.39, 0.29) is 47.9 Å². The van der Waals surface area contributed by atoms with Gasteiger partial charge < -0.3 is 25.0 Å². The van der Waals surface area contributed by atoms with Crippen LogP contribution in [0.15, 0.2) is 53.4 Å². The molecule has 2 bridgehead atoms. The minimum atomic E-state index is -3.30. The third kappa shape index (κ3) is 7.11. The largest absolute Gasteiger partial charge is 0.493 e. The molecule has 2 aromatic carbocycles. The summed E-state index contributed by atoms with van der Waals surface area (Å²) in [6.45, 7) is 3.67. The minimum absolute atomic E-state index is 0.0986. The van der Waals surface area contributed by atoms with E-state index in [0.29, 0.717) is 44.0 Å². The fraction of sp³-hybridized carbons (Fsp3) is 0.500. The van der Waals surface area contributed by atoms with Gasteiger partial charge in [0, 0.05) is 52.3 Å². The third-order valence-corrected chi connectivity index (χ3v) is 9.21. The molecule has 4 atom stereocenters. The standard InChI is InChI=1S/C30H38N4O7S/c1-20(35)32-25-12-9-22-13-16-40-27-6-4-3-5-24(27)30(37)34-15-14-33(19-26(34)29(36)31-17-28(25)41-22)18-21-7-10-23(11-8-21)42(2,38)39/h3-8,10-11,22,25-26,28H,9,12-19H2,1-2H3,(H,31,36)(H,32,35)/t22-,25+,26-,28+/m0/s1. The molecular weight excluding hydrogens is 560 g/mol. The van der Waals surface area contributed by atoms with E-state index in [0.717, 1.165) is 18.4 Å². The molecule has 2 N–H and O–H groups in total. The van der Waals surface area contributed by atoms with E-state index in [4.69, 9.17) is 9.47 Å². The Bertz CT molecular complexity index is 1410. The van der Waals surface area contributed by atoms with Gasteiger partial charge in [0.25, 0.3) is 5.91 Å². The lowest BCUT2D eigenvalue weighted by Gasteiger charge is -2.42. The summed E-state index contributed by atoms with van der Waals surface area (Å²) in [6, 6.07) is 12.8. The Balaban J connectivity index is 1.39. The van der Waals surface area contributed by atoms with Crippen molar-refractivity contribution in [2.45, 2.75) is 61.9 Å². The van der Waals surface area contributed by atoms with Crippen molar-refractivity contribution in [3.05, 3.63) is 59.7 Å². The van der Waals surface area contributed by atoms with Gasteiger partial charge in [-0.1, -0.05) is 24.3 Å². The number of hydrogen-bond acceptors (Lipinski definition) is 8. The van der Waals surface area contributed by atoms with E-state index in [1.807, 2.05) is 6.07 Å². The second kappa shape index (κ2) is 12.8. The number of nitrogens with one attached hydrogen (secondary N) is 2. The van der Waals surface area contributed by atoms with Crippen molar-refractivity contribution < 1.29 is 32.3 Å². The maximum atomic E-state index is 13.9. The van der Waals surface area contributed by atoms with Crippen LogP contribution >= 0.6 is 0 Å². The molecule has 0 unspecified atom stereocenters. The highest BCUT2D eigenvalue weighted by Crippen LogP contribution is 2.26. The number of fused-ring (bicyclic) bond motifs is 4. The lowest BCUT2D eigenvalue weighted by atomic mass is 9.96. The number of sulfone groups is 1. The minimum Gasteiger partial charge on any atom is -0.493 e. The fourth-order valence-electron chi connectivity index (χ4n) is 5.88. The van der Waals surface area contributed by atoms with Gasteiger partial charge in [0.1, 0.15) is 11.8 Å². The van der Waals surface area contributed by atoms with Gasteiger partial charge in [-0.15, -0.1) is 0 Å². The van der Waals surface area contributed by atoms with Gasteiger partial charge in [-0.25, -0.2) is 8.42 Å². The monoisotopic (exact) mass is 598 g/mol. The first-order chi connectivity index (χ1) is 20.1. The molecule has 2 fully saturated rings. The molecule has 3 aliphatic rings. The number of carbonyl (C=O) groups is 3. The molecule has 0 radical (unpaired) electrons. The maximum absolute atomic E-state index is 13.9. The highest BCUT2D eigenvalue weighted by atomic mass is 32.2. The van der Waals surface area contributed by atoms with Crippen LogP contribution < -0.4 is 15.4 Å². The number of rotatable bonds is 4. The number of nitrogens with zero attached hydrogens (tertiary/aromatic N) is 2. The molecule has 2 saturated heterocycles. The SMILES string of the molecule is CC(=O)N[C@@H]1CC[C@H]2CCOc3ccccc3C(=O)N3CCN(Cc4ccc(S(C)(=O)=O)cc4)C[C@H]3C(=O)NC[C@H]1O2. The summed E-state index contributed by atoms with van der Waals surface area (Å²) in [5.41, 5.74) is 1.31. The summed E-state index contributed by atoms with van der Waals surface area (Å²) in [4.78, 5) is 43.4. The van der Waals surface area contributed by atoms with Crippen LogP contribution in [0.25, 0.3) is 0 Å². The summed E-state index contributed by atoms with van der Waals surface area (Å²) < 4.78 is 36.1. The molecule has 226 valence electrons. The van der Waals surface area contributed by atoms with Gasteiger partial charge >= 0.3 is 0 Å². The van der Waals surface area contributed by atoms with Crippen LogP contribution in [0, 0.1) is 0 Å². The van der Waals surface area contributed by atoms with E-state index < -0.39 is 22.0 Å². The van der Waals surface area contributed by atoms with Gasteiger partial charge in [-0.3, -0.25) is 19.3 Å². The zero-order valence-electron chi connectivity index (χ0n) is 24.0. The van der Waals surface area contributed by atoms with E-state index >= 15 is 0 Å². The predicted molar refractivity (Wildman–Crippen MR) is 155 cm³/mol. The lowest BCUT2D eigenvalue weighted by molar-refractivity contribution is -0.131. The average Bonchev–Trinajstić information content (AvgIpc) is 2.96. The molecular formula is C30H38N4O7S. The first-order valence-corrected chi connectivity index (χ1v) is 16.2. The zero-order chi connectivity index (χ0) is 29.9. The Hall–Kier alpha value is -3.48. The summed E-state index contributed by atoms with van der Waals surface area (Å²) in [6.07, 6.45) is 2.75. The third-order valence-electron chi connectivity index (χ3n) is 8.08. The number of hydrogen-bond donors (Lipinski definition) is 2. The number of benzene rings is 2. The number of piperazine rings is 1. The van der Waals surface area contributed by atoms with Gasteiger partial charge in [-0.2, -0.15) is 0 Å². The average molecular weight is 599 g/mol. The highest BCUT2D eigenvalue weighted by molar-refractivity contribution is 7.90. The Morgan fingerprint density at radius 2 is 1.81 bits per heavy atom. The highest BCUT2D eigenvalue weighted by Gasteiger charge is 2.38. The number of ether oxygens (including phenoxy) is 2. The molecule has 0 saturated carbocycles. The van der Waals surface area contributed by atoms with Crippen LogP contribution in [0.2, 0.25) is 0 Å². The van der Waals surface area contributed by atoms with Crippen LogP contribution in [0.3, 0.4) is 0 Å². The van der Waals surface area contributed by atoms with E-state index in [9.17, 15) is 22.8 Å². The Kier molecular flexibility index (Phi) is 9.14. The van der Waals surface area contributed by atoms with Gasteiger partial charge in [0.15, 0.2) is 9.84 Å².